The Kier molecular flexibility index (Phi) is 3.46. The minimum absolute atomic E-state index is 1.000. The Balaban J connectivity index is 1.66. The van der Waals surface area contributed by atoms with Gasteiger partial charge in [0.05, 0.1) is 11.4 Å². The Hall–Kier alpha value is -3.52. The number of pyridine rings is 2. The molecule has 5 rings (SSSR count). The summed E-state index contributed by atoms with van der Waals surface area (Å²) in [6.07, 6.45) is 3.66. The quantitative estimate of drug-likeness (QED) is 0.364. The molecule has 0 atom stereocenters. The van der Waals surface area contributed by atoms with Crippen molar-refractivity contribution in [3.05, 3.63) is 97.3 Å². The molecule has 0 bridgehead atoms. The highest BCUT2D eigenvalue weighted by molar-refractivity contribution is 6.09. The van der Waals surface area contributed by atoms with E-state index in [-0.39, 0.29) is 0 Å². The van der Waals surface area contributed by atoms with Crippen LogP contribution in [0.25, 0.3) is 44.1 Å². The fourth-order valence-electron chi connectivity index (χ4n) is 3.46. The highest BCUT2D eigenvalue weighted by Gasteiger charge is 2.06. The minimum Gasteiger partial charge on any atom is -0.256 e. The van der Waals surface area contributed by atoms with Crippen LogP contribution in [-0.4, -0.2) is 9.97 Å². The van der Waals surface area contributed by atoms with Crippen LogP contribution >= 0.6 is 0 Å². The van der Waals surface area contributed by atoms with Crippen molar-refractivity contribution in [2.45, 2.75) is 0 Å². The van der Waals surface area contributed by atoms with Crippen LogP contribution in [0.1, 0.15) is 0 Å². The van der Waals surface area contributed by atoms with Crippen LogP contribution in [-0.2, 0) is 0 Å². The first-order valence-electron chi connectivity index (χ1n) is 8.68. The average Bonchev–Trinajstić information content (AvgIpc) is 2.74. The molecule has 0 aliphatic heterocycles. The van der Waals surface area contributed by atoms with E-state index in [0.29, 0.717) is 0 Å². The number of aromatic nitrogens is 2. The molecule has 26 heavy (non-hydrogen) atoms. The number of hydrogen-bond acceptors (Lipinski definition) is 2. The molecule has 0 N–H and O–H groups in total. The largest absolute Gasteiger partial charge is 0.256 e. The first-order chi connectivity index (χ1) is 12.9. The number of nitrogens with zero attached hydrogens (tertiary/aromatic N) is 2. The Morgan fingerprint density at radius 3 is 1.38 bits per heavy atom. The maximum atomic E-state index is 4.46. The summed E-state index contributed by atoms with van der Waals surface area (Å²) >= 11 is 0. The van der Waals surface area contributed by atoms with Crippen molar-refractivity contribution in [2.75, 3.05) is 0 Å². The third kappa shape index (κ3) is 2.52. The van der Waals surface area contributed by atoms with Crippen LogP contribution < -0.4 is 0 Å². The van der Waals surface area contributed by atoms with Gasteiger partial charge in [0.2, 0.25) is 0 Å². The molecule has 0 radical (unpaired) electrons. The van der Waals surface area contributed by atoms with Crippen LogP contribution in [0.15, 0.2) is 97.3 Å². The van der Waals surface area contributed by atoms with Gasteiger partial charge < -0.3 is 0 Å². The van der Waals surface area contributed by atoms with Crippen LogP contribution in [0.5, 0.6) is 0 Å². The third-order valence-electron chi connectivity index (χ3n) is 4.76. The molecule has 0 amide bonds. The number of hydrogen-bond donors (Lipinski definition) is 0. The summed E-state index contributed by atoms with van der Waals surface area (Å²) in [5.41, 5.74) is 4.28. The fourth-order valence-corrected chi connectivity index (χ4v) is 3.46. The van der Waals surface area contributed by atoms with Crippen molar-refractivity contribution in [3.63, 3.8) is 0 Å². The summed E-state index contributed by atoms with van der Waals surface area (Å²) in [6, 6.07) is 29.5. The maximum absolute atomic E-state index is 4.46. The third-order valence-corrected chi connectivity index (χ3v) is 4.76. The fraction of sp³-hybridized carbons (Fsp3) is 0. The van der Waals surface area contributed by atoms with Crippen molar-refractivity contribution < 1.29 is 0 Å². The second kappa shape index (κ2) is 6.08. The van der Waals surface area contributed by atoms with Gasteiger partial charge in [0.1, 0.15) is 0 Å². The summed E-state index contributed by atoms with van der Waals surface area (Å²) < 4.78 is 0. The molecule has 5 aromatic rings. The summed E-state index contributed by atoms with van der Waals surface area (Å²) in [6.45, 7) is 0. The normalized spacial score (nSPS) is 11.1. The second-order valence-electron chi connectivity index (χ2n) is 6.37. The van der Waals surface area contributed by atoms with Gasteiger partial charge in [-0.05, 0) is 57.9 Å². The van der Waals surface area contributed by atoms with Gasteiger partial charge in [-0.3, -0.25) is 9.97 Å². The zero-order valence-corrected chi connectivity index (χ0v) is 14.1. The molecule has 2 aromatic heterocycles. The van der Waals surface area contributed by atoms with E-state index >= 15 is 0 Å². The molecule has 2 heteroatoms. The molecule has 0 saturated carbocycles. The first-order valence-corrected chi connectivity index (χ1v) is 8.68. The molecule has 0 saturated heterocycles. The SMILES string of the molecule is c1ccc(-c2ccc3c(ccc4cc(-c5ccccn5)ccc43)c2)nc1. The van der Waals surface area contributed by atoms with Gasteiger partial charge in [0.15, 0.2) is 0 Å². The number of fused-ring (bicyclic) bond motifs is 3. The van der Waals surface area contributed by atoms with E-state index in [0.717, 1.165) is 22.5 Å². The molecule has 2 nitrogen and oxygen atoms in total. The molecular formula is C24H16N2. The predicted molar refractivity (Wildman–Crippen MR) is 108 cm³/mol. The molecule has 0 aliphatic rings. The lowest BCUT2D eigenvalue weighted by Crippen LogP contribution is -1.85. The lowest BCUT2D eigenvalue weighted by atomic mass is 9.97. The summed E-state index contributed by atoms with van der Waals surface area (Å²) in [5.74, 6) is 0. The van der Waals surface area contributed by atoms with Crippen molar-refractivity contribution in [1.82, 2.24) is 9.97 Å². The van der Waals surface area contributed by atoms with Crippen LogP contribution in [0.2, 0.25) is 0 Å². The maximum Gasteiger partial charge on any atom is 0.0702 e. The lowest BCUT2D eigenvalue weighted by molar-refractivity contribution is 1.33. The van der Waals surface area contributed by atoms with Gasteiger partial charge in [0.25, 0.3) is 0 Å². The molecule has 0 unspecified atom stereocenters. The Labute approximate surface area is 151 Å². The first kappa shape index (κ1) is 14.8. The number of rotatable bonds is 2. The van der Waals surface area contributed by atoms with Gasteiger partial charge >= 0.3 is 0 Å². The highest BCUT2D eigenvalue weighted by atomic mass is 14.7. The van der Waals surface area contributed by atoms with E-state index in [1.165, 1.54) is 21.5 Å². The summed E-state index contributed by atoms with van der Waals surface area (Å²) in [5, 5.41) is 4.97. The highest BCUT2D eigenvalue weighted by Crippen LogP contribution is 2.31. The molecule has 0 spiro atoms. The molecule has 3 aromatic carbocycles. The Bertz CT molecular complexity index is 1110. The smallest absolute Gasteiger partial charge is 0.0702 e. The van der Waals surface area contributed by atoms with E-state index in [1.807, 2.05) is 48.8 Å². The van der Waals surface area contributed by atoms with E-state index in [9.17, 15) is 0 Å². The minimum atomic E-state index is 1.000. The van der Waals surface area contributed by atoms with Crippen molar-refractivity contribution in [3.8, 4) is 22.5 Å². The van der Waals surface area contributed by atoms with E-state index in [1.54, 1.807) is 0 Å². The predicted octanol–water partition coefficient (Wildman–Crippen LogP) is 6.12. The molecule has 122 valence electrons. The van der Waals surface area contributed by atoms with Gasteiger partial charge in [-0.25, -0.2) is 0 Å². The van der Waals surface area contributed by atoms with E-state index < -0.39 is 0 Å². The second-order valence-corrected chi connectivity index (χ2v) is 6.37. The van der Waals surface area contributed by atoms with E-state index in [2.05, 4.69) is 58.5 Å². The summed E-state index contributed by atoms with van der Waals surface area (Å²) in [4.78, 5) is 8.91. The molecule has 2 heterocycles. The van der Waals surface area contributed by atoms with Gasteiger partial charge in [-0.1, -0.05) is 48.5 Å². The number of benzene rings is 3. The zero-order chi connectivity index (χ0) is 17.3. The van der Waals surface area contributed by atoms with Crippen LogP contribution in [0.3, 0.4) is 0 Å². The molecule has 0 fully saturated rings. The van der Waals surface area contributed by atoms with Crippen LogP contribution in [0.4, 0.5) is 0 Å². The van der Waals surface area contributed by atoms with Gasteiger partial charge in [0, 0.05) is 23.5 Å². The monoisotopic (exact) mass is 332 g/mol. The lowest BCUT2D eigenvalue weighted by Gasteiger charge is -2.08. The Morgan fingerprint density at radius 1 is 0.462 bits per heavy atom. The standard InChI is InChI=1S/C24H16N2/c1-3-13-25-23(5-1)19-9-11-21-17(15-19)7-8-18-16-20(10-12-22(18)21)24-6-2-4-14-26-24/h1-16H. The Morgan fingerprint density at radius 2 is 0.962 bits per heavy atom. The van der Waals surface area contributed by atoms with E-state index in [4.69, 9.17) is 0 Å². The molecule has 0 aliphatic carbocycles. The van der Waals surface area contributed by atoms with Crippen molar-refractivity contribution in [1.29, 1.82) is 0 Å². The van der Waals surface area contributed by atoms with Crippen molar-refractivity contribution >= 4 is 21.5 Å². The average molecular weight is 332 g/mol. The summed E-state index contributed by atoms with van der Waals surface area (Å²) in [7, 11) is 0. The van der Waals surface area contributed by atoms with Crippen LogP contribution in [0, 0.1) is 0 Å². The van der Waals surface area contributed by atoms with Crippen molar-refractivity contribution in [2.24, 2.45) is 0 Å². The topological polar surface area (TPSA) is 25.8 Å². The molecular weight excluding hydrogens is 316 g/mol. The zero-order valence-electron chi connectivity index (χ0n) is 14.1. The van der Waals surface area contributed by atoms with Gasteiger partial charge in [-0.15, -0.1) is 0 Å². The van der Waals surface area contributed by atoms with Gasteiger partial charge in [-0.2, -0.15) is 0 Å².